The molecule has 0 spiro atoms. The Labute approximate surface area is 64.8 Å². The molecular weight excluding hydrogens is 290 g/mol. The Morgan fingerprint density at radius 2 is 2.38 bits per heavy atom. The molecule has 0 aliphatic rings. The van der Waals surface area contributed by atoms with Gasteiger partial charge < -0.3 is 0 Å². The van der Waals surface area contributed by atoms with Crippen LogP contribution in [0.1, 0.15) is 5.69 Å². The standard InChI is InChI=1S/C6H6N.Tl/c1-6-4-2-3-5-7-6;/h2-3,5H,1H3;. The van der Waals surface area contributed by atoms with Gasteiger partial charge in [-0.2, -0.15) is 0 Å². The summed E-state index contributed by atoms with van der Waals surface area (Å²) < 4.78 is 1.42. The zero-order valence-electron chi connectivity index (χ0n) is 4.76. The van der Waals surface area contributed by atoms with Crippen molar-refractivity contribution in [1.29, 1.82) is 0 Å². The van der Waals surface area contributed by atoms with Crippen molar-refractivity contribution in [1.82, 2.24) is 4.98 Å². The Balaban J connectivity index is 3.13. The Hall–Kier alpha value is 0.0721. The summed E-state index contributed by atoms with van der Waals surface area (Å²) in [6.45, 7) is 2.05. The number of rotatable bonds is 0. The minimum absolute atomic E-state index is 0.925. The van der Waals surface area contributed by atoms with E-state index in [1.807, 2.05) is 12.3 Å². The average molecular weight is 297 g/mol. The Morgan fingerprint density at radius 1 is 1.62 bits per heavy atom. The van der Waals surface area contributed by atoms with Gasteiger partial charge in [0.25, 0.3) is 0 Å². The number of hydrogen-bond donors (Lipinski definition) is 0. The second-order valence-electron chi connectivity index (χ2n) is 1.68. The fraction of sp³-hybridized carbons (Fsp3) is 0.167. The molecule has 0 bridgehead atoms. The van der Waals surface area contributed by atoms with Crippen molar-refractivity contribution < 1.29 is 0 Å². The van der Waals surface area contributed by atoms with Crippen LogP contribution < -0.4 is 3.12 Å². The molecule has 0 atom stereocenters. The first-order chi connectivity index (χ1) is 3.80. The molecule has 1 nitrogen and oxygen atoms in total. The van der Waals surface area contributed by atoms with E-state index in [1.54, 1.807) is 0 Å². The van der Waals surface area contributed by atoms with Crippen LogP contribution in [0.3, 0.4) is 0 Å². The molecule has 0 saturated heterocycles. The molecular formula is C6H6NTl. The molecule has 2 heteroatoms. The van der Waals surface area contributed by atoms with Gasteiger partial charge in [-0.1, -0.05) is 0 Å². The summed E-state index contributed by atoms with van der Waals surface area (Å²) in [5, 5.41) is 0. The first kappa shape index (κ1) is 6.20. The van der Waals surface area contributed by atoms with E-state index in [-0.39, 0.29) is 0 Å². The zero-order chi connectivity index (χ0) is 5.98. The normalized spacial score (nSPS) is 9.00. The number of pyridine rings is 1. The van der Waals surface area contributed by atoms with Crippen LogP contribution in [-0.2, 0) is 0 Å². The van der Waals surface area contributed by atoms with E-state index < -0.39 is 0 Å². The quantitative estimate of drug-likeness (QED) is 0.623. The van der Waals surface area contributed by atoms with E-state index in [4.69, 9.17) is 0 Å². The van der Waals surface area contributed by atoms with Crippen molar-refractivity contribution >= 4 is 28.9 Å². The second kappa shape index (κ2) is 2.57. The summed E-state index contributed by atoms with van der Waals surface area (Å²) in [6.07, 6.45) is 1.83. The molecule has 8 heavy (non-hydrogen) atoms. The van der Waals surface area contributed by atoms with Gasteiger partial charge in [-0.15, -0.1) is 0 Å². The summed E-state index contributed by atoms with van der Waals surface area (Å²) in [5.74, 6) is 0. The summed E-state index contributed by atoms with van der Waals surface area (Å²) in [6, 6.07) is 4.12. The molecule has 0 fully saturated rings. The van der Waals surface area contributed by atoms with Crippen molar-refractivity contribution in [2.45, 2.75) is 6.92 Å². The van der Waals surface area contributed by atoms with E-state index in [1.165, 1.54) is 8.82 Å². The second-order valence-corrected chi connectivity index (χ2v) is 4.10. The van der Waals surface area contributed by atoms with Gasteiger partial charge in [0.1, 0.15) is 0 Å². The molecule has 0 aromatic carbocycles. The fourth-order valence-electron chi connectivity index (χ4n) is 0.497. The fourth-order valence-corrected chi connectivity index (χ4v) is 1.22. The molecule has 0 aliphatic carbocycles. The number of hydrogen-bond acceptors (Lipinski definition) is 1. The maximum atomic E-state index is 4.12. The summed E-state index contributed by atoms with van der Waals surface area (Å²) in [4.78, 5) is 4.12. The van der Waals surface area contributed by atoms with Crippen LogP contribution in [0.15, 0.2) is 18.3 Å². The van der Waals surface area contributed by atoms with E-state index in [9.17, 15) is 0 Å². The first-order valence-electron chi connectivity index (χ1n) is 2.48. The third-order valence-electron chi connectivity index (χ3n) is 1.05. The van der Waals surface area contributed by atoms with Crippen molar-refractivity contribution in [2.75, 3.05) is 0 Å². The summed E-state index contributed by atoms with van der Waals surface area (Å²) >= 11 is 0.925. The van der Waals surface area contributed by atoms with Crippen LogP contribution in [0.5, 0.6) is 0 Å². The summed E-state index contributed by atoms with van der Waals surface area (Å²) in [7, 11) is 0. The average Bonchev–Trinajstić information content (AvgIpc) is 1.77. The van der Waals surface area contributed by atoms with Gasteiger partial charge in [0.15, 0.2) is 0 Å². The molecule has 1 rings (SSSR count). The molecule has 1 heterocycles. The minimum atomic E-state index is 0.925. The predicted molar refractivity (Wildman–Crippen MR) is 34.4 cm³/mol. The third-order valence-corrected chi connectivity index (χ3v) is 3.42. The van der Waals surface area contributed by atoms with Gasteiger partial charge in [-0.25, -0.2) is 0 Å². The van der Waals surface area contributed by atoms with Gasteiger partial charge in [0.05, 0.1) is 0 Å². The van der Waals surface area contributed by atoms with Gasteiger partial charge >= 0.3 is 64.8 Å². The molecule has 1 aromatic rings. The van der Waals surface area contributed by atoms with Crippen LogP contribution in [0.2, 0.25) is 0 Å². The van der Waals surface area contributed by atoms with E-state index in [0.717, 1.165) is 25.8 Å². The van der Waals surface area contributed by atoms with Crippen LogP contribution >= 0.6 is 0 Å². The van der Waals surface area contributed by atoms with Gasteiger partial charge in [0, 0.05) is 0 Å². The third kappa shape index (κ3) is 1.27. The number of aromatic nitrogens is 1. The predicted octanol–water partition coefficient (Wildman–Crippen LogP) is 0.184. The molecule has 0 saturated carbocycles. The Morgan fingerprint density at radius 3 is 2.75 bits per heavy atom. The maximum absolute atomic E-state index is 4.12. The van der Waals surface area contributed by atoms with Crippen LogP contribution in [0.25, 0.3) is 0 Å². The van der Waals surface area contributed by atoms with Crippen LogP contribution in [0.4, 0.5) is 0 Å². The molecule has 0 radical (unpaired) electrons. The number of aryl methyl sites for hydroxylation is 1. The molecule has 0 amide bonds. The SMILES string of the molecule is Cc1nccc[c]1[Tl]. The van der Waals surface area contributed by atoms with E-state index in [2.05, 4.69) is 18.0 Å². The van der Waals surface area contributed by atoms with Gasteiger partial charge in [0.2, 0.25) is 0 Å². The number of nitrogens with zero attached hydrogens (tertiary/aromatic N) is 1. The van der Waals surface area contributed by atoms with Crippen molar-refractivity contribution in [3.8, 4) is 0 Å². The van der Waals surface area contributed by atoms with Gasteiger partial charge in [-0.3, -0.25) is 0 Å². The van der Waals surface area contributed by atoms with Crippen molar-refractivity contribution in [2.24, 2.45) is 0 Å². The van der Waals surface area contributed by atoms with Crippen molar-refractivity contribution in [3.05, 3.63) is 24.0 Å². The van der Waals surface area contributed by atoms with Gasteiger partial charge in [-0.05, 0) is 0 Å². The molecule has 38 valence electrons. The molecule has 0 unspecified atom stereocenters. The molecule has 1 aromatic heterocycles. The molecule has 0 N–H and O–H groups in total. The Kier molecular flexibility index (Phi) is 1.99. The first-order valence-corrected chi connectivity index (χ1v) is 4.72. The molecule has 0 aliphatic heterocycles. The van der Waals surface area contributed by atoms with E-state index in [0.29, 0.717) is 0 Å². The van der Waals surface area contributed by atoms with Crippen molar-refractivity contribution in [3.63, 3.8) is 0 Å². The monoisotopic (exact) mass is 297 g/mol. The summed E-state index contributed by atoms with van der Waals surface area (Å²) in [5.41, 5.74) is 1.19. The topological polar surface area (TPSA) is 12.9 Å². The zero-order valence-corrected chi connectivity index (χ0v) is 9.25. The van der Waals surface area contributed by atoms with Crippen LogP contribution in [0, 0.1) is 6.92 Å². The Bertz CT molecular complexity index is 165. The van der Waals surface area contributed by atoms with E-state index >= 15 is 0 Å². The van der Waals surface area contributed by atoms with Crippen LogP contribution in [-0.4, -0.2) is 30.8 Å².